The lowest BCUT2D eigenvalue weighted by molar-refractivity contribution is 0.102. The molecule has 0 aliphatic rings. The van der Waals surface area contributed by atoms with Gasteiger partial charge in [-0.25, -0.2) is 0 Å². The molecule has 106 valence electrons. The first-order chi connectivity index (χ1) is 9.65. The molecular weight excluding hydrogens is 256 g/mol. The van der Waals surface area contributed by atoms with Gasteiger partial charge in [-0.15, -0.1) is 0 Å². The third-order valence-corrected chi connectivity index (χ3v) is 3.11. The lowest BCUT2D eigenvalue weighted by Crippen LogP contribution is -2.14. The quantitative estimate of drug-likeness (QED) is 0.877. The van der Waals surface area contributed by atoms with E-state index in [-0.39, 0.29) is 12.5 Å². The van der Waals surface area contributed by atoms with Crippen LogP contribution in [0.3, 0.4) is 0 Å². The number of aryl methyl sites for hydroxylation is 2. The van der Waals surface area contributed by atoms with Gasteiger partial charge in [-0.3, -0.25) is 4.79 Å². The Morgan fingerprint density at radius 2 is 2.05 bits per heavy atom. The molecule has 0 aliphatic heterocycles. The summed E-state index contributed by atoms with van der Waals surface area (Å²) in [7, 11) is 0. The van der Waals surface area contributed by atoms with E-state index < -0.39 is 0 Å². The third kappa shape index (κ3) is 3.05. The molecule has 5 nitrogen and oxygen atoms in total. The zero-order valence-electron chi connectivity index (χ0n) is 11.6. The van der Waals surface area contributed by atoms with E-state index in [0.29, 0.717) is 35.5 Å². The molecule has 0 atom stereocenters. The first-order valence-electron chi connectivity index (χ1n) is 6.62. The maximum Gasteiger partial charge on any atom is 0.261 e. The van der Waals surface area contributed by atoms with Gasteiger partial charge in [0.2, 0.25) is 0 Å². The largest absolute Gasteiger partial charge is 0.396 e. The van der Waals surface area contributed by atoms with E-state index in [2.05, 4.69) is 10.5 Å². The van der Waals surface area contributed by atoms with Crippen LogP contribution in [0.15, 0.2) is 28.8 Å². The van der Waals surface area contributed by atoms with Gasteiger partial charge in [0, 0.05) is 12.3 Å². The van der Waals surface area contributed by atoms with Gasteiger partial charge < -0.3 is 14.9 Å². The highest BCUT2D eigenvalue weighted by molar-refractivity contribution is 6.05. The van der Waals surface area contributed by atoms with Crippen LogP contribution in [0.2, 0.25) is 0 Å². The summed E-state index contributed by atoms with van der Waals surface area (Å²) in [6, 6.07) is 7.40. The number of rotatable bonds is 5. The van der Waals surface area contributed by atoms with Crippen molar-refractivity contribution in [3.05, 3.63) is 46.8 Å². The van der Waals surface area contributed by atoms with Crippen LogP contribution in [0.5, 0.6) is 0 Å². The number of nitrogens with zero attached hydrogens (tertiary/aromatic N) is 1. The SMILES string of the molecule is CCc1noc(C)c1C(=O)Nc1ccc(CCO)cc1. The van der Waals surface area contributed by atoms with Crippen molar-refractivity contribution >= 4 is 11.6 Å². The summed E-state index contributed by atoms with van der Waals surface area (Å²) < 4.78 is 5.06. The maximum atomic E-state index is 12.2. The van der Waals surface area contributed by atoms with Crippen molar-refractivity contribution in [1.29, 1.82) is 0 Å². The number of hydrogen-bond acceptors (Lipinski definition) is 4. The van der Waals surface area contributed by atoms with E-state index in [9.17, 15) is 4.79 Å². The van der Waals surface area contributed by atoms with Crippen LogP contribution in [0.1, 0.15) is 34.3 Å². The Kier molecular flexibility index (Phi) is 4.53. The van der Waals surface area contributed by atoms with E-state index >= 15 is 0 Å². The summed E-state index contributed by atoms with van der Waals surface area (Å²) in [5.74, 6) is 0.312. The molecule has 20 heavy (non-hydrogen) atoms. The van der Waals surface area contributed by atoms with Gasteiger partial charge in [0.1, 0.15) is 11.3 Å². The Hall–Kier alpha value is -2.14. The van der Waals surface area contributed by atoms with E-state index in [1.165, 1.54) is 0 Å². The average molecular weight is 274 g/mol. The van der Waals surface area contributed by atoms with Crippen molar-refractivity contribution < 1.29 is 14.4 Å². The molecule has 0 saturated carbocycles. The van der Waals surface area contributed by atoms with Crippen LogP contribution >= 0.6 is 0 Å². The Labute approximate surface area is 117 Å². The standard InChI is InChI=1S/C15H18N2O3/c1-3-13-14(10(2)20-17-13)15(19)16-12-6-4-11(5-7-12)8-9-18/h4-7,18H,3,8-9H2,1-2H3,(H,16,19). The number of anilines is 1. The van der Waals surface area contributed by atoms with Gasteiger partial charge in [0.15, 0.2) is 0 Å². The van der Waals surface area contributed by atoms with E-state index in [1.807, 2.05) is 31.2 Å². The lowest BCUT2D eigenvalue weighted by atomic mass is 10.1. The topological polar surface area (TPSA) is 75.4 Å². The fourth-order valence-electron chi connectivity index (χ4n) is 2.03. The predicted octanol–water partition coefficient (Wildman–Crippen LogP) is 2.33. The molecule has 2 aromatic rings. The molecule has 1 aromatic heterocycles. The Morgan fingerprint density at radius 1 is 1.35 bits per heavy atom. The Bertz CT molecular complexity index is 588. The van der Waals surface area contributed by atoms with Crippen molar-refractivity contribution in [3.8, 4) is 0 Å². The minimum Gasteiger partial charge on any atom is -0.396 e. The zero-order chi connectivity index (χ0) is 14.5. The number of benzene rings is 1. The van der Waals surface area contributed by atoms with Gasteiger partial charge in [-0.2, -0.15) is 0 Å². The molecule has 2 N–H and O–H groups in total. The fraction of sp³-hybridized carbons (Fsp3) is 0.333. The number of amides is 1. The average Bonchev–Trinajstić information content (AvgIpc) is 2.82. The minimum atomic E-state index is -0.212. The number of nitrogens with one attached hydrogen (secondary N) is 1. The normalized spacial score (nSPS) is 10.6. The molecule has 0 fully saturated rings. The lowest BCUT2D eigenvalue weighted by Gasteiger charge is -2.06. The second kappa shape index (κ2) is 6.34. The second-order valence-corrected chi connectivity index (χ2v) is 4.54. The van der Waals surface area contributed by atoms with Crippen LogP contribution in [-0.4, -0.2) is 22.8 Å². The molecule has 1 heterocycles. The minimum absolute atomic E-state index is 0.117. The first kappa shape index (κ1) is 14.3. The Morgan fingerprint density at radius 3 is 2.65 bits per heavy atom. The third-order valence-electron chi connectivity index (χ3n) is 3.11. The second-order valence-electron chi connectivity index (χ2n) is 4.54. The molecule has 0 radical (unpaired) electrons. The van der Waals surface area contributed by atoms with Crippen molar-refractivity contribution in [3.63, 3.8) is 0 Å². The summed E-state index contributed by atoms with van der Waals surface area (Å²) in [5, 5.41) is 15.6. The van der Waals surface area contributed by atoms with Gasteiger partial charge in [0.05, 0.1) is 5.69 Å². The number of hydrogen-bond donors (Lipinski definition) is 2. The van der Waals surface area contributed by atoms with E-state index in [1.54, 1.807) is 6.92 Å². The summed E-state index contributed by atoms with van der Waals surface area (Å²) in [4.78, 5) is 12.2. The summed E-state index contributed by atoms with van der Waals surface area (Å²) >= 11 is 0. The van der Waals surface area contributed by atoms with Crippen LogP contribution < -0.4 is 5.32 Å². The summed E-state index contributed by atoms with van der Waals surface area (Å²) in [6.07, 6.45) is 1.26. The number of carbonyl (C=O) groups excluding carboxylic acids is 1. The van der Waals surface area contributed by atoms with E-state index in [0.717, 1.165) is 5.56 Å². The van der Waals surface area contributed by atoms with Crippen molar-refractivity contribution in [2.45, 2.75) is 26.7 Å². The van der Waals surface area contributed by atoms with Gasteiger partial charge in [0.25, 0.3) is 5.91 Å². The molecule has 0 saturated heterocycles. The molecule has 1 amide bonds. The highest BCUT2D eigenvalue weighted by Crippen LogP contribution is 2.17. The smallest absolute Gasteiger partial charge is 0.261 e. The van der Waals surface area contributed by atoms with Gasteiger partial charge >= 0.3 is 0 Å². The summed E-state index contributed by atoms with van der Waals surface area (Å²) in [5.41, 5.74) is 2.91. The molecule has 0 unspecified atom stereocenters. The van der Waals surface area contributed by atoms with E-state index in [4.69, 9.17) is 9.63 Å². The number of aromatic nitrogens is 1. The zero-order valence-corrected chi connectivity index (χ0v) is 11.6. The molecule has 0 bridgehead atoms. The van der Waals surface area contributed by atoms with Gasteiger partial charge in [-0.05, 0) is 37.5 Å². The summed E-state index contributed by atoms with van der Waals surface area (Å²) in [6.45, 7) is 3.77. The van der Waals surface area contributed by atoms with Crippen LogP contribution in [0, 0.1) is 6.92 Å². The van der Waals surface area contributed by atoms with Crippen LogP contribution in [-0.2, 0) is 12.8 Å². The first-order valence-corrected chi connectivity index (χ1v) is 6.62. The molecule has 1 aromatic carbocycles. The number of aliphatic hydroxyl groups is 1. The molecule has 5 heteroatoms. The monoisotopic (exact) mass is 274 g/mol. The number of carbonyl (C=O) groups is 1. The fourth-order valence-corrected chi connectivity index (χ4v) is 2.03. The molecular formula is C15H18N2O3. The highest BCUT2D eigenvalue weighted by Gasteiger charge is 2.19. The van der Waals surface area contributed by atoms with Crippen molar-refractivity contribution in [1.82, 2.24) is 5.16 Å². The van der Waals surface area contributed by atoms with Gasteiger partial charge in [-0.1, -0.05) is 24.2 Å². The molecule has 0 aliphatic carbocycles. The molecule has 2 rings (SSSR count). The van der Waals surface area contributed by atoms with Crippen molar-refractivity contribution in [2.24, 2.45) is 0 Å². The van der Waals surface area contributed by atoms with Crippen molar-refractivity contribution in [2.75, 3.05) is 11.9 Å². The molecule has 0 spiro atoms. The van der Waals surface area contributed by atoms with Crippen LogP contribution in [0.4, 0.5) is 5.69 Å². The maximum absolute atomic E-state index is 12.2. The number of aliphatic hydroxyl groups excluding tert-OH is 1. The predicted molar refractivity (Wildman–Crippen MR) is 75.8 cm³/mol. The highest BCUT2D eigenvalue weighted by atomic mass is 16.5. The Balaban J connectivity index is 2.13. The van der Waals surface area contributed by atoms with Crippen LogP contribution in [0.25, 0.3) is 0 Å².